The fourth-order valence-electron chi connectivity index (χ4n) is 2.00. The first-order valence-corrected chi connectivity index (χ1v) is 6.31. The molecule has 102 valence electrons. The Balaban J connectivity index is 1.98. The highest BCUT2D eigenvalue weighted by atomic mass is 16.6. The van der Waals surface area contributed by atoms with Gasteiger partial charge in [-0.15, -0.1) is 0 Å². The smallest absolute Gasteiger partial charge is 0.303 e. The summed E-state index contributed by atoms with van der Waals surface area (Å²) in [5.74, 6) is -0.322. The molecule has 19 heavy (non-hydrogen) atoms. The summed E-state index contributed by atoms with van der Waals surface area (Å²) in [6.45, 7) is 3.75. The largest absolute Gasteiger partial charge is 0.496 e. The van der Waals surface area contributed by atoms with Crippen molar-refractivity contribution in [2.45, 2.75) is 38.8 Å². The lowest BCUT2D eigenvalue weighted by Gasteiger charge is -2.32. The van der Waals surface area contributed by atoms with E-state index in [1.807, 2.05) is 37.3 Å². The van der Waals surface area contributed by atoms with Gasteiger partial charge in [0.15, 0.2) is 6.10 Å². The third-order valence-electron chi connectivity index (χ3n) is 2.94. The van der Waals surface area contributed by atoms with Crippen LogP contribution in [0, 0.1) is 0 Å². The molecule has 1 aromatic rings. The first-order chi connectivity index (χ1) is 9.16. The Hall–Kier alpha value is -1.81. The molecule has 1 aliphatic heterocycles. The third kappa shape index (κ3) is 3.83. The number of hydrogen-bond donors (Lipinski definition) is 0. The maximum Gasteiger partial charge on any atom is 0.303 e. The predicted octanol–water partition coefficient (Wildman–Crippen LogP) is 2.44. The molecule has 1 aromatic carbocycles. The molecule has 0 radical (unpaired) electrons. The number of rotatable bonds is 4. The Morgan fingerprint density at radius 3 is 2.74 bits per heavy atom. The first kappa shape index (κ1) is 13.6. The molecule has 0 N–H and O–H groups in total. The van der Waals surface area contributed by atoms with Crippen molar-refractivity contribution in [2.24, 2.45) is 0 Å². The topological polar surface area (TPSA) is 44.8 Å². The molecule has 1 aliphatic rings. The molecule has 3 atom stereocenters. The molecule has 0 saturated heterocycles. The van der Waals surface area contributed by atoms with Crippen molar-refractivity contribution in [1.82, 2.24) is 0 Å². The van der Waals surface area contributed by atoms with Crippen LogP contribution in [0.5, 0.6) is 0 Å². The van der Waals surface area contributed by atoms with Gasteiger partial charge in [0.25, 0.3) is 0 Å². The molecular weight excluding hydrogens is 244 g/mol. The van der Waals surface area contributed by atoms with Crippen LogP contribution in [0.15, 0.2) is 42.7 Å². The van der Waals surface area contributed by atoms with E-state index in [-0.39, 0.29) is 18.2 Å². The van der Waals surface area contributed by atoms with Crippen molar-refractivity contribution < 1.29 is 19.0 Å². The Bertz CT molecular complexity index is 441. The maximum absolute atomic E-state index is 11.1. The van der Waals surface area contributed by atoms with Crippen LogP contribution in [-0.2, 0) is 25.6 Å². The fourth-order valence-corrected chi connectivity index (χ4v) is 2.00. The molecule has 4 heteroatoms. The second-order valence-corrected chi connectivity index (χ2v) is 4.51. The number of carbonyl (C=O) groups is 1. The van der Waals surface area contributed by atoms with Crippen LogP contribution < -0.4 is 0 Å². The van der Waals surface area contributed by atoms with Crippen LogP contribution in [0.3, 0.4) is 0 Å². The second-order valence-electron chi connectivity index (χ2n) is 4.51. The van der Waals surface area contributed by atoms with Crippen LogP contribution in [-0.4, -0.2) is 24.3 Å². The van der Waals surface area contributed by atoms with Gasteiger partial charge in [0.2, 0.25) is 0 Å². The molecule has 0 aromatic heterocycles. The highest BCUT2D eigenvalue weighted by Gasteiger charge is 2.32. The van der Waals surface area contributed by atoms with Crippen LogP contribution in [0.4, 0.5) is 0 Å². The molecule has 1 heterocycles. The molecule has 0 aliphatic carbocycles. The molecule has 4 nitrogen and oxygen atoms in total. The molecule has 0 amide bonds. The van der Waals surface area contributed by atoms with Gasteiger partial charge in [-0.3, -0.25) is 4.79 Å². The van der Waals surface area contributed by atoms with Crippen LogP contribution in [0.2, 0.25) is 0 Å². The standard InChI is InChI=1S/C15H18O4/c1-11-15(14(8-9-17-11)19-12(2)16)18-10-13-6-4-3-5-7-13/h3-9,11,14-15H,10H2,1-2H3. The van der Waals surface area contributed by atoms with E-state index in [0.717, 1.165) is 5.56 Å². The Kier molecular flexibility index (Phi) is 4.58. The lowest BCUT2D eigenvalue weighted by Crippen LogP contribution is -2.42. The summed E-state index contributed by atoms with van der Waals surface area (Å²) >= 11 is 0. The van der Waals surface area contributed by atoms with Gasteiger partial charge in [-0.2, -0.15) is 0 Å². The van der Waals surface area contributed by atoms with Gasteiger partial charge in [0, 0.05) is 6.92 Å². The Morgan fingerprint density at radius 1 is 1.32 bits per heavy atom. The minimum atomic E-state index is -0.398. The van der Waals surface area contributed by atoms with Crippen molar-refractivity contribution in [1.29, 1.82) is 0 Å². The monoisotopic (exact) mass is 262 g/mol. The summed E-state index contributed by atoms with van der Waals surface area (Å²) in [6, 6.07) is 9.86. The first-order valence-electron chi connectivity index (χ1n) is 6.31. The molecule has 0 spiro atoms. The quantitative estimate of drug-likeness (QED) is 0.782. The van der Waals surface area contributed by atoms with Crippen molar-refractivity contribution in [3.8, 4) is 0 Å². The number of carbonyl (C=O) groups excluding carboxylic acids is 1. The number of hydrogen-bond acceptors (Lipinski definition) is 4. The summed E-state index contributed by atoms with van der Waals surface area (Å²) in [5.41, 5.74) is 1.07. The van der Waals surface area contributed by atoms with E-state index in [9.17, 15) is 4.79 Å². The molecule has 0 saturated carbocycles. The predicted molar refractivity (Wildman–Crippen MR) is 70.3 cm³/mol. The minimum Gasteiger partial charge on any atom is -0.496 e. The summed E-state index contributed by atoms with van der Waals surface area (Å²) in [4.78, 5) is 11.1. The van der Waals surface area contributed by atoms with E-state index >= 15 is 0 Å². The number of esters is 1. The Morgan fingerprint density at radius 2 is 2.05 bits per heavy atom. The van der Waals surface area contributed by atoms with Crippen molar-refractivity contribution >= 4 is 5.97 Å². The summed E-state index contributed by atoms with van der Waals surface area (Å²) in [5, 5.41) is 0. The van der Waals surface area contributed by atoms with Gasteiger partial charge in [-0.1, -0.05) is 30.3 Å². The SMILES string of the molecule is CC(=O)OC1C=COC(C)C1OCc1ccccc1. The van der Waals surface area contributed by atoms with Crippen molar-refractivity contribution in [3.63, 3.8) is 0 Å². The third-order valence-corrected chi connectivity index (χ3v) is 2.94. The zero-order valence-electron chi connectivity index (χ0n) is 11.1. The zero-order valence-corrected chi connectivity index (χ0v) is 11.1. The molecular formula is C15H18O4. The zero-order chi connectivity index (χ0) is 13.7. The summed E-state index contributed by atoms with van der Waals surface area (Å²) in [6.07, 6.45) is 2.41. The number of ether oxygens (including phenoxy) is 3. The second kappa shape index (κ2) is 6.38. The van der Waals surface area contributed by atoms with E-state index < -0.39 is 6.10 Å². The van der Waals surface area contributed by atoms with Gasteiger partial charge < -0.3 is 14.2 Å². The molecule has 3 unspecified atom stereocenters. The van der Waals surface area contributed by atoms with E-state index in [0.29, 0.717) is 6.61 Å². The van der Waals surface area contributed by atoms with Gasteiger partial charge in [0.1, 0.15) is 12.2 Å². The summed E-state index contributed by atoms with van der Waals surface area (Å²) in [7, 11) is 0. The van der Waals surface area contributed by atoms with Gasteiger partial charge in [-0.05, 0) is 18.6 Å². The van der Waals surface area contributed by atoms with Crippen molar-refractivity contribution in [3.05, 3.63) is 48.2 Å². The Labute approximate surface area is 113 Å². The summed E-state index contributed by atoms with van der Waals surface area (Å²) < 4.78 is 16.5. The van der Waals surface area contributed by atoms with Crippen LogP contribution >= 0.6 is 0 Å². The van der Waals surface area contributed by atoms with E-state index in [1.165, 1.54) is 6.92 Å². The van der Waals surface area contributed by atoms with Crippen LogP contribution in [0.25, 0.3) is 0 Å². The van der Waals surface area contributed by atoms with Gasteiger partial charge in [0.05, 0.1) is 12.9 Å². The highest BCUT2D eigenvalue weighted by molar-refractivity contribution is 5.66. The molecule has 0 bridgehead atoms. The van der Waals surface area contributed by atoms with Crippen LogP contribution in [0.1, 0.15) is 19.4 Å². The average Bonchev–Trinajstić information content (AvgIpc) is 2.38. The minimum absolute atomic E-state index is 0.155. The van der Waals surface area contributed by atoms with Crippen molar-refractivity contribution in [2.75, 3.05) is 0 Å². The van der Waals surface area contributed by atoms with E-state index in [1.54, 1.807) is 12.3 Å². The van der Waals surface area contributed by atoms with Gasteiger partial charge >= 0.3 is 5.97 Å². The maximum atomic E-state index is 11.1. The average molecular weight is 262 g/mol. The van der Waals surface area contributed by atoms with Gasteiger partial charge in [-0.25, -0.2) is 0 Å². The normalized spacial score (nSPS) is 25.7. The molecule has 0 fully saturated rings. The number of benzene rings is 1. The lowest BCUT2D eigenvalue weighted by atomic mass is 10.1. The lowest BCUT2D eigenvalue weighted by molar-refractivity contribution is -0.161. The van der Waals surface area contributed by atoms with E-state index in [2.05, 4.69) is 0 Å². The van der Waals surface area contributed by atoms with E-state index in [4.69, 9.17) is 14.2 Å². The fraction of sp³-hybridized carbons (Fsp3) is 0.400. The highest BCUT2D eigenvalue weighted by Crippen LogP contribution is 2.20. The molecule has 2 rings (SSSR count).